The molecule has 1 fully saturated rings. The van der Waals surface area contributed by atoms with Crippen molar-refractivity contribution in [3.63, 3.8) is 0 Å². The average molecular weight is 507 g/mol. The Morgan fingerprint density at radius 2 is 1.75 bits per heavy atom. The van der Waals surface area contributed by atoms with Gasteiger partial charge in [0.1, 0.15) is 24.1 Å². The van der Waals surface area contributed by atoms with Crippen LogP contribution in [0.4, 0.5) is 0 Å². The molecule has 4 rings (SSSR count). The maximum atomic E-state index is 12.5. The van der Waals surface area contributed by atoms with Gasteiger partial charge in [0.25, 0.3) is 5.91 Å². The monoisotopic (exact) mass is 506 g/mol. The summed E-state index contributed by atoms with van der Waals surface area (Å²) < 4.78 is 11.5. The lowest BCUT2D eigenvalue weighted by molar-refractivity contribution is -0.122. The van der Waals surface area contributed by atoms with Crippen LogP contribution in [0.5, 0.6) is 11.5 Å². The number of nitrogens with one attached hydrogen (secondary N) is 3. The molecule has 2 atom stereocenters. The van der Waals surface area contributed by atoms with Crippen LogP contribution >= 0.6 is 11.6 Å². The number of hydrazine groups is 1. The van der Waals surface area contributed by atoms with Gasteiger partial charge in [-0.3, -0.25) is 4.79 Å². The molecule has 7 nitrogen and oxygen atoms in total. The molecule has 1 amide bonds. The second-order valence-corrected chi connectivity index (χ2v) is 8.99. The third kappa shape index (κ3) is 7.31. The Labute approximate surface area is 216 Å². The number of benzene rings is 3. The molecule has 0 radical (unpaired) electrons. The molecule has 188 valence electrons. The summed E-state index contributed by atoms with van der Waals surface area (Å²) in [5, 5.41) is 4.78. The van der Waals surface area contributed by atoms with Gasteiger partial charge < -0.3 is 9.47 Å². The summed E-state index contributed by atoms with van der Waals surface area (Å²) in [5.74, 6) is 1.39. The van der Waals surface area contributed by atoms with E-state index in [-0.39, 0.29) is 11.9 Å². The van der Waals surface area contributed by atoms with Gasteiger partial charge in [0.2, 0.25) is 0 Å². The van der Waals surface area contributed by atoms with Gasteiger partial charge in [-0.2, -0.15) is 5.10 Å². The van der Waals surface area contributed by atoms with Gasteiger partial charge in [-0.05, 0) is 66.4 Å². The number of nitrogens with zero attached hydrogens (tertiary/aromatic N) is 1. The number of hydrogen-bond donors (Lipinski definition) is 3. The minimum atomic E-state index is -0.391. The van der Waals surface area contributed by atoms with E-state index in [1.54, 1.807) is 6.21 Å². The van der Waals surface area contributed by atoms with Crippen LogP contribution in [0.1, 0.15) is 48.9 Å². The molecule has 3 N–H and O–H groups in total. The predicted molar refractivity (Wildman–Crippen MR) is 142 cm³/mol. The highest BCUT2D eigenvalue weighted by molar-refractivity contribution is 6.31. The van der Waals surface area contributed by atoms with E-state index in [0.29, 0.717) is 24.7 Å². The Hall–Kier alpha value is -3.39. The first-order chi connectivity index (χ1) is 17.6. The summed E-state index contributed by atoms with van der Waals surface area (Å²) in [4.78, 5) is 12.5. The third-order valence-electron chi connectivity index (χ3n) is 5.89. The Bertz CT molecular complexity index is 1150. The maximum absolute atomic E-state index is 12.5. The highest BCUT2D eigenvalue weighted by Gasteiger charge is 2.30. The van der Waals surface area contributed by atoms with Crippen LogP contribution < -0.4 is 25.8 Å². The maximum Gasteiger partial charge on any atom is 0.258 e. The number of rotatable bonds is 11. The highest BCUT2D eigenvalue weighted by Crippen LogP contribution is 2.25. The fourth-order valence-electron chi connectivity index (χ4n) is 3.75. The lowest BCUT2D eigenvalue weighted by atomic mass is 10.0. The lowest BCUT2D eigenvalue weighted by Gasteiger charge is -2.12. The zero-order chi connectivity index (χ0) is 25.2. The van der Waals surface area contributed by atoms with E-state index >= 15 is 0 Å². The van der Waals surface area contributed by atoms with Crippen LogP contribution in [0.2, 0.25) is 5.02 Å². The lowest BCUT2D eigenvalue weighted by Crippen LogP contribution is -2.41. The smallest absolute Gasteiger partial charge is 0.258 e. The normalized spacial score (nSPS) is 17.3. The molecule has 1 aliphatic rings. The van der Waals surface area contributed by atoms with Crippen molar-refractivity contribution in [1.29, 1.82) is 0 Å². The molecule has 1 aliphatic heterocycles. The number of carbonyl (C=O) groups is 1. The number of hydrazone groups is 1. The van der Waals surface area contributed by atoms with Crippen molar-refractivity contribution in [2.45, 2.75) is 44.9 Å². The largest absolute Gasteiger partial charge is 0.494 e. The minimum absolute atomic E-state index is 0.00241. The molecule has 36 heavy (non-hydrogen) atoms. The molecule has 0 bridgehead atoms. The number of unbranched alkanes of at least 4 members (excludes halogenated alkanes) is 1. The fraction of sp³-hybridized carbons (Fsp3) is 0.286. The second-order valence-electron chi connectivity index (χ2n) is 8.58. The summed E-state index contributed by atoms with van der Waals surface area (Å²) in [7, 11) is 0. The number of hydrogen-bond acceptors (Lipinski definition) is 6. The van der Waals surface area contributed by atoms with E-state index in [2.05, 4.69) is 28.3 Å². The van der Waals surface area contributed by atoms with Crippen LogP contribution in [0.25, 0.3) is 0 Å². The van der Waals surface area contributed by atoms with Gasteiger partial charge in [-0.1, -0.05) is 55.3 Å². The Balaban J connectivity index is 1.22. The molecule has 3 aromatic rings. The van der Waals surface area contributed by atoms with E-state index in [9.17, 15) is 4.79 Å². The Morgan fingerprint density at radius 3 is 2.50 bits per heavy atom. The van der Waals surface area contributed by atoms with Crippen LogP contribution in [-0.2, 0) is 11.4 Å². The standard InChI is InChI=1S/C28H31ClN4O3/c1-2-3-16-35-23-12-8-20(9-13-23)18-30-33-28(34)27-17-26(31-32-27)21-10-14-24(15-11-21)36-19-22-6-4-5-7-25(22)29/h4-15,18,26-27,31-32H,2-3,16-17,19H2,1H3,(H,33,34)/b30-18+. The van der Waals surface area contributed by atoms with Crippen molar-refractivity contribution in [3.8, 4) is 11.5 Å². The van der Waals surface area contributed by atoms with Gasteiger partial charge in [0, 0.05) is 16.6 Å². The average Bonchev–Trinajstić information content (AvgIpc) is 3.40. The van der Waals surface area contributed by atoms with Crippen molar-refractivity contribution in [2.24, 2.45) is 5.10 Å². The molecule has 2 unspecified atom stereocenters. The van der Waals surface area contributed by atoms with Gasteiger partial charge >= 0.3 is 0 Å². The van der Waals surface area contributed by atoms with Crippen LogP contribution in [0.3, 0.4) is 0 Å². The van der Waals surface area contributed by atoms with E-state index in [0.717, 1.165) is 41.0 Å². The predicted octanol–water partition coefficient (Wildman–Crippen LogP) is 5.16. The molecule has 0 saturated carbocycles. The van der Waals surface area contributed by atoms with Crippen LogP contribution in [-0.4, -0.2) is 24.8 Å². The zero-order valence-electron chi connectivity index (χ0n) is 20.2. The van der Waals surface area contributed by atoms with Gasteiger partial charge in [-0.25, -0.2) is 16.3 Å². The zero-order valence-corrected chi connectivity index (χ0v) is 21.0. The highest BCUT2D eigenvalue weighted by atomic mass is 35.5. The molecule has 0 spiro atoms. The molecule has 0 aliphatic carbocycles. The van der Waals surface area contributed by atoms with Crippen molar-refractivity contribution >= 4 is 23.7 Å². The third-order valence-corrected chi connectivity index (χ3v) is 6.26. The minimum Gasteiger partial charge on any atom is -0.494 e. The van der Waals surface area contributed by atoms with Crippen LogP contribution in [0.15, 0.2) is 77.9 Å². The molecule has 8 heteroatoms. The summed E-state index contributed by atoms with van der Waals surface area (Å²) in [6.45, 7) is 3.25. The summed E-state index contributed by atoms with van der Waals surface area (Å²) in [6, 6.07) is 22.7. The number of halogens is 1. The topological polar surface area (TPSA) is 84.0 Å². The molecule has 1 saturated heterocycles. The second kappa shape index (κ2) is 13.1. The first-order valence-corrected chi connectivity index (χ1v) is 12.5. The van der Waals surface area contributed by atoms with E-state index in [1.807, 2.05) is 72.8 Å². The van der Waals surface area contributed by atoms with Gasteiger partial charge in [0.15, 0.2) is 0 Å². The van der Waals surface area contributed by atoms with Gasteiger partial charge in [-0.15, -0.1) is 0 Å². The van der Waals surface area contributed by atoms with Crippen molar-refractivity contribution < 1.29 is 14.3 Å². The van der Waals surface area contributed by atoms with E-state index < -0.39 is 6.04 Å². The van der Waals surface area contributed by atoms with E-state index in [4.69, 9.17) is 21.1 Å². The molecular formula is C28H31ClN4O3. The SMILES string of the molecule is CCCCOc1ccc(/C=N/NC(=O)C2CC(c3ccc(OCc4ccccc4Cl)cc3)NN2)cc1. The Kier molecular flexibility index (Phi) is 9.33. The summed E-state index contributed by atoms with van der Waals surface area (Å²) in [6.07, 6.45) is 4.35. The Morgan fingerprint density at radius 1 is 1.03 bits per heavy atom. The van der Waals surface area contributed by atoms with Gasteiger partial charge in [0.05, 0.1) is 12.8 Å². The molecular weight excluding hydrogens is 476 g/mol. The van der Waals surface area contributed by atoms with E-state index in [1.165, 1.54) is 0 Å². The summed E-state index contributed by atoms with van der Waals surface area (Å²) >= 11 is 6.19. The number of carbonyl (C=O) groups excluding carboxylic acids is 1. The quantitative estimate of drug-likeness (QED) is 0.190. The first-order valence-electron chi connectivity index (χ1n) is 12.2. The molecule has 0 aromatic heterocycles. The number of amides is 1. The van der Waals surface area contributed by atoms with Crippen molar-refractivity contribution in [2.75, 3.05) is 6.61 Å². The first kappa shape index (κ1) is 25.7. The number of ether oxygens (including phenoxy) is 2. The fourth-order valence-corrected chi connectivity index (χ4v) is 3.94. The summed E-state index contributed by atoms with van der Waals surface area (Å²) in [5.41, 5.74) is 11.7. The molecule has 3 aromatic carbocycles. The van der Waals surface area contributed by atoms with Crippen molar-refractivity contribution in [3.05, 3.63) is 94.5 Å². The van der Waals surface area contributed by atoms with Crippen LogP contribution in [0, 0.1) is 0 Å². The van der Waals surface area contributed by atoms with Crippen molar-refractivity contribution in [1.82, 2.24) is 16.3 Å². The molecule has 1 heterocycles.